The van der Waals surface area contributed by atoms with Gasteiger partial charge in [-0.05, 0) is 36.9 Å². The second-order valence-electron chi connectivity index (χ2n) is 4.00. The predicted octanol–water partition coefficient (Wildman–Crippen LogP) is 0.224. The van der Waals surface area contributed by atoms with E-state index in [-0.39, 0.29) is 11.8 Å². The average molecular weight is 253 g/mol. The summed E-state index contributed by atoms with van der Waals surface area (Å²) >= 11 is 1.57. The molecule has 0 bridgehead atoms. The summed E-state index contributed by atoms with van der Waals surface area (Å²) in [6.45, 7) is 2.08. The fourth-order valence-electron chi connectivity index (χ4n) is 1.49. The van der Waals surface area contributed by atoms with Crippen molar-refractivity contribution < 1.29 is 9.59 Å². The van der Waals surface area contributed by atoms with E-state index in [4.69, 9.17) is 0 Å². The molecule has 1 aliphatic heterocycles. The zero-order valence-electron chi connectivity index (χ0n) is 9.36. The van der Waals surface area contributed by atoms with E-state index in [2.05, 4.69) is 15.6 Å². The molecule has 1 aliphatic rings. The molecular weight excluding hydrogens is 238 g/mol. The van der Waals surface area contributed by atoms with Crippen LogP contribution in [0.4, 0.5) is 0 Å². The molecule has 0 spiro atoms. The van der Waals surface area contributed by atoms with Crippen molar-refractivity contribution in [2.45, 2.75) is 0 Å². The Labute approximate surface area is 104 Å². The number of nitrogens with one attached hydrogen (secondary N) is 3. The molecule has 2 rings (SSSR count). The van der Waals surface area contributed by atoms with Gasteiger partial charge in [0.15, 0.2) is 0 Å². The van der Waals surface area contributed by atoms with Crippen LogP contribution in [0.3, 0.4) is 0 Å². The molecule has 0 radical (unpaired) electrons. The Morgan fingerprint density at radius 1 is 1.47 bits per heavy atom. The van der Waals surface area contributed by atoms with Gasteiger partial charge in [-0.2, -0.15) is 11.8 Å². The Hall–Kier alpha value is -1.27. The average Bonchev–Trinajstić information content (AvgIpc) is 2.74. The third-order valence-electron chi connectivity index (χ3n) is 2.55. The summed E-state index contributed by atoms with van der Waals surface area (Å²) in [4.78, 5) is 25.7. The SMILES string of the molecule is O=C(CSCC1CNC1)NC(=O)c1ccc[nH]1. The van der Waals surface area contributed by atoms with Crippen LogP contribution in [0.25, 0.3) is 0 Å². The minimum atomic E-state index is -0.370. The van der Waals surface area contributed by atoms with Crippen LogP contribution < -0.4 is 10.6 Å². The minimum absolute atomic E-state index is 0.234. The maximum absolute atomic E-state index is 11.5. The van der Waals surface area contributed by atoms with E-state index in [0.717, 1.165) is 18.8 Å². The number of imide groups is 1. The zero-order valence-corrected chi connectivity index (χ0v) is 10.2. The predicted molar refractivity (Wildman–Crippen MR) is 67.0 cm³/mol. The maximum atomic E-state index is 11.5. The van der Waals surface area contributed by atoms with E-state index < -0.39 is 0 Å². The van der Waals surface area contributed by atoms with Crippen molar-refractivity contribution >= 4 is 23.6 Å². The first kappa shape index (κ1) is 12.2. The van der Waals surface area contributed by atoms with E-state index in [9.17, 15) is 9.59 Å². The van der Waals surface area contributed by atoms with E-state index >= 15 is 0 Å². The first-order valence-corrected chi connectivity index (χ1v) is 6.67. The Morgan fingerprint density at radius 3 is 2.88 bits per heavy atom. The van der Waals surface area contributed by atoms with Crippen LogP contribution >= 0.6 is 11.8 Å². The van der Waals surface area contributed by atoms with Crippen LogP contribution in [-0.4, -0.2) is 41.4 Å². The molecule has 5 nitrogen and oxygen atoms in total. The van der Waals surface area contributed by atoms with Crippen molar-refractivity contribution in [3.05, 3.63) is 24.0 Å². The normalized spacial score (nSPS) is 15.3. The van der Waals surface area contributed by atoms with Crippen molar-refractivity contribution in [3.8, 4) is 0 Å². The van der Waals surface area contributed by atoms with Crippen LogP contribution in [0.5, 0.6) is 0 Å². The van der Waals surface area contributed by atoms with Gasteiger partial charge in [0.25, 0.3) is 5.91 Å². The van der Waals surface area contributed by atoms with Gasteiger partial charge >= 0.3 is 0 Å². The van der Waals surface area contributed by atoms with Gasteiger partial charge in [-0.1, -0.05) is 0 Å². The number of aromatic amines is 1. The third-order valence-corrected chi connectivity index (χ3v) is 3.72. The van der Waals surface area contributed by atoms with Crippen LogP contribution in [0, 0.1) is 5.92 Å². The number of aromatic nitrogens is 1. The molecule has 0 atom stereocenters. The van der Waals surface area contributed by atoms with Crippen molar-refractivity contribution in [1.29, 1.82) is 0 Å². The van der Waals surface area contributed by atoms with Gasteiger partial charge in [-0.3, -0.25) is 14.9 Å². The summed E-state index contributed by atoms with van der Waals surface area (Å²) in [6, 6.07) is 3.35. The van der Waals surface area contributed by atoms with Crippen molar-refractivity contribution in [1.82, 2.24) is 15.6 Å². The van der Waals surface area contributed by atoms with E-state index in [1.165, 1.54) is 0 Å². The summed E-state index contributed by atoms with van der Waals surface area (Å²) in [7, 11) is 0. The lowest BCUT2D eigenvalue weighted by Crippen LogP contribution is -2.43. The molecule has 1 fully saturated rings. The van der Waals surface area contributed by atoms with Gasteiger partial charge in [0.05, 0.1) is 5.75 Å². The molecular formula is C11H15N3O2S. The van der Waals surface area contributed by atoms with Gasteiger partial charge in [-0.15, -0.1) is 0 Å². The van der Waals surface area contributed by atoms with Gasteiger partial charge in [0.1, 0.15) is 5.69 Å². The van der Waals surface area contributed by atoms with Gasteiger partial charge < -0.3 is 10.3 Å². The summed E-state index contributed by atoms with van der Waals surface area (Å²) < 4.78 is 0. The number of hydrogen-bond acceptors (Lipinski definition) is 4. The Balaban J connectivity index is 1.64. The lowest BCUT2D eigenvalue weighted by atomic mass is 10.1. The highest BCUT2D eigenvalue weighted by Gasteiger charge is 2.17. The van der Waals surface area contributed by atoms with Gasteiger partial charge in [0, 0.05) is 6.20 Å². The van der Waals surface area contributed by atoms with Gasteiger partial charge in [-0.25, -0.2) is 0 Å². The fourth-order valence-corrected chi connectivity index (χ4v) is 2.43. The largest absolute Gasteiger partial charge is 0.357 e. The smallest absolute Gasteiger partial charge is 0.274 e. The lowest BCUT2D eigenvalue weighted by Gasteiger charge is -2.26. The quantitative estimate of drug-likeness (QED) is 0.702. The summed E-state index contributed by atoms with van der Waals surface area (Å²) in [5.41, 5.74) is 0.409. The Kier molecular flexibility index (Phi) is 4.22. The number of amides is 2. The maximum Gasteiger partial charge on any atom is 0.274 e. The summed E-state index contributed by atoms with van der Waals surface area (Å²) in [5.74, 6) is 1.37. The first-order valence-electron chi connectivity index (χ1n) is 5.52. The second kappa shape index (κ2) is 5.88. The fraction of sp³-hybridized carbons (Fsp3) is 0.455. The molecule has 2 amide bonds. The monoisotopic (exact) mass is 253 g/mol. The van der Waals surface area contributed by atoms with Crippen LogP contribution in [0.2, 0.25) is 0 Å². The summed E-state index contributed by atoms with van der Waals surface area (Å²) in [6.07, 6.45) is 1.65. The zero-order chi connectivity index (χ0) is 12.1. The highest BCUT2D eigenvalue weighted by Crippen LogP contribution is 2.11. The number of carbonyl (C=O) groups excluding carboxylic acids is 2. The molecule has 3 N–H and O–H groups in total. The topological polar surface area (TPSA) is 74.0 Å². The van der Waals surface area contributed by atoms with Crippen molar-refractivity contribution in [3.63, 3.8) is 0 Å². The number of thioether (sulfide) groups is 1. The molecule has 0 aliphatic carbocycles. The highest BCUT2D eigenvalue weighted by molar-refractivity contribution is 7.99. The van der Waals surface area contributed by atoms with Crippen molar-refractivity contribution in [2.24, 2.45) is 5.92 Å². The standard InChI is InChI=1S/C11H15N3O2S/c15-10(7-17-6-8-4-12-5-8)14-11(16)9-2-1-3-13-9/h1-3,8,12-13H,4-7H2,(H,14,15,16). The molecule has 17 heavy (non-hydrogen) atoms. The van der Waals surface area contributed by atoms with E-state index in [1.807, 2.05) is 0 Å². The molecule has 6 heteroatoms. The van der Waals surface area contributed by atoms with Crippen LogP contribution in [0.15, 0.2) is 18.3 Å². The molecule has 1 saturated heterocycles. The Bertz CT molecular complexity index is 387. The molecule has 0 saturated carbocycles. The Morgan fingerprint density at radius 2 is 2.29 bits per heavy atom. The summed E-state index contributed by atoms with van der Waals surface area (Å²) in [5, 5.41) is 5.52. The number of rotatable bonds is 5. The molecule has 0 unspecified atom stereocenters. The van der Waals surface area contributed by atoms with Crippen LogP contribution in [0.1, 0.15) is 10.5 Å². The van der Waals surface area contributed by atoms with E-state index in [0.29, 0.717) is 17.4 Å². The number of hydrogen-bond donors (Lipinski definition) is 3. The minimum Gasteiger partial charge on any atom is -0.357 e. The first-order chi connectivity index (χ1) is 8.25. The number of carbonyl (C=O) groups is 2. The molecule has 2 heterocycles. The molecule has 0 aromatic carbocycles. The lowest BCUT2D eigenvalue weighted by molar-refractivity contribution is -0.117. The molecule has 1 aromatic rings. The highest BCUT2D eigenvalue weighted by atomic mass is 32.2. The number of H-pyrrole nitrogens is 1. The van der Waals surface area contributed by atoms with Crippen molar-refractivity contribution in [2.75, 3.05) is 24.6 Å². The van der Waals surface area contributed by atoms with Crippen LogP contribution in [-0.2, 0) is 4.79 Å². The van der Waals surface area contributed by atoms with Gasteiger partial charge in [0.2, 0.25) is 5.91 Å². The third kappa shape index (κ3) is 3.61. The molecule has 92 valence electrons. The molecule has 1 aromatic heterocycles. The second-order valence-corrected chi connectivity index (χ2v) is 5.03. The van der Waals surface area contributed by atoms with E-state index in [1.54, 1.807) is 30.1 Å².